The fraction of sp³-hybridized carbons (Fsp3) is 0.833. The summed E-state index contributed by atoms with van der Waals surface area (Å²) >= 11 is 0. The summed E-state index contributed by atoms with van der Waals surface area (Å²) in [7, 11) is 0. The molecule has 0 aromatic heterocycles. The molecule has 6 unspecified atom stereocenters. The van der Waals surface area contributed by atoms with Gasteiger partial charge in [0.1, 0.15) is 5.60 Å². The topological polar surface area (TPSA) is 87.0 Å². The number of aliphatic hydroxyl groups excluding tert-OH is 1. The summed E-state index contributed by atoms with van der Waals surface area (Å²) in [6.07, 6.45) is 12.7. The van der Waals surface area contributed by atoms with Crippen molar-refractivity contribution in [1.29, 1.82) is 0 Å². The molecular formula is C30H52O5. The minimum Gasteiger partial charge on any atom is -0.481 e. The van der Waals surface area contributed by atoms with Gasteiger partial charge in [-0.2, -0.15) is 0 Å². The maximum absolute atomic E-state index is 11.0. The van der Waals surface area contributed by atoms with Crippen LogP contribution in [0, 0.1) is 11.8 Å². The van der Waals surface area contributed by atoms with E-state index in [0.717, 1.165) is 69.8 Å². The van der Waals surface area contributed by atoms with Crippen molar-refractivity contribution < 1.29 is 24.9 Å². The first kappa shape index (κ1) is 30.1. The smallest absolute Gasteiger partial charge is 0.306 e. The Hall–Kier alpha value is -1.17. The lowest BCUT2D eigenvalue weighted by Crippen LogP contribution is -2.51. The maximum Gasteiger partial charge on any atom is 0.306 e. The summed E-state index contributed by atoms with van der Waals surface area (Å²) in [5.41, 5.74) is 2.27. The third-order valence-electron chi connectivity index (χ3n) is 8.95. The van der Waals surface area contributed by atoms with Crippen LogP contribution >= 0.6 is 0 Å². The van der Waals surface area contributed by atoms with Gasteiger partial charge in [-0.05, 0) is 108 Å². The first-order chi connectivity index (χ1) is 16.3. The lowest BCUT2D eigenvalue weighted by molar-refractivity contribution is -0.144. The molecule has 0 aromatic rings. The Balaban J connectivity index is 1.76. The molecule has 1 saturated heterocycles. The van der Waals surface area contributed by atoms with Gasteiger partial charge in [-0.3, -0.25) is 4.79 Å². The minimum atomic E-state index is -0.757. The summed E-state index contributed by atoms with van der Waals surface area (Å²) < 4.78 is 6.92. The van der Waals surface area contributed by atoms with Gasteiger partial charge in [0.25, 0.3) is 0 Å². The molecule has 0 aromatic carbocycles. The van der Waals surface area contributed by atoms with E-state index in [4.69, 9.17) is 9.84 Å². The highest BCUT2D eigenvalue weighted by Gasteiger charge is 2.48. The van der Waals surface area contributed by atoms with E-state index in [9.17, 15) is 15.0 Å². The van der Waals surface area contributed by atoms with Gasteiger partial charge in [-0.1, -0.05) is 46.5 Å². The summed E-state index contributed by atoms with van der Waals surface area (Å²) in [5.74, 6) is -0.495. The Morgan fingerprint density at radius 2 is 1.77 bits per heavy atom. The summed E-state index contributed by atoms with van der Waals surface area (Å²) in [6, 6.07) is 0. The molecule has 6 atom stereocenters. The van der Waals surface area contributed by atoms with Crippen molar-refractivity contribution in [2.75, 3.05) is 0 Å². The standard InChI is InChI=1S/C30H52O5/c1-8-30-24(5)23(4)26(31)20-25(30)15-19-29(7,35-30)18-10-13-21(2)12-9-16-28(6,34)17-11-14-22(3)27(32)33/h20-22,26,31,34H,8-19H2,1-7H3,(H,32,33). The highest BCUT2D eigenvalue weighted by molar-refractivity contribution is 5.69. The number of aliphatic hydroxyl groups is 2. The van der Waals surface area contributed by atoms with E-state index in [1.807, 2.05) is 19.9 Å². The molecule has 1 aliphatic carbocycles. The fourth-order valence-corrected chi connectivity index (χ4v) is 6.11. The number of rotatable bonds is 14. The molecular weight excluding hydrogens is 440 g/mol. The number of carbonyl (C=O) groups is 1. The van der Waals surface area contributed by atoms with Gasteiger partial charge < -0.3 is 20.1 Å². The highest BCUT2D eigenvalue weighted by atomic mass is 16.5. The molecule has 1 aliphatic heterocycles. The van der Waals surface area contributed by atoms with E-state index in [-0.39, 0.29) is 17.1 Å². The van der Waals surface area contributed by atoms with Crippen LogP contribution in [0.1, 0.15) is 126 Å². The molecule has 202 valence electrons. The van der Waals surface area contributed by atoms with E-state index in [2.05, 4.69) is 27.7 Å². The number of aliphatic carboxylic acids is 1. The molecule has 0 spiro atoms. The van der Waals surface area contributed by atoms with Gasteiger partial charge in [0, 0.05) is 0 Å². The quantitative estimate of drug-likeness (QED) is 0.228. The number of ether oxygens (including phenoxy) is 1. The Kier molecular flexibility index (Phi) is 10.6. The van der Waals surface area contributed by atoms with Crippen LogP contribution in [0.2, 0.25) is 0 Å². The van der Waals surface area contributed by atoms with Crippen LogP contribution in [0.5, 0.6) is 0 Å². The van der Waals surface area contributed by atoms with Gasteiger partial charge in [0.05, 0.1) is 23.2 Å². The zero-order chi connectivity index (χ0) is 26.4. The summed E-state index contributed by atoms with van der Waals surface area (Å²) in [6.45, 7) is 14.5. The lowest BCUT2D eigenvalue weighted by Gasteiger charge is -2.51. The van der Waals surface area contributed by atoms with Gasteiger partial charge in [0.15, 0.2) is 0 Å². The van der Waals surface area contributed by atoms with Crippen molar-refractivity contribution in [3.63, 3.8) is 0 Å². The molecule has 5 nitrogen and oxygen atoms in total. The second-order valence-electron chi connectivity index (χ2n) is 12.2. The molecule has 0 saturated carbocycles. The molecule has 0 amide bonds. The van der Waals surface area contributed by atoms with E-state index < -0.39 is 17.7 Å². The minimum absolute atomic E-state index is 0.145. The molecule has 5 heteroatoms. The van der Waals surface area contributed by atoms with E-state index in [1.165, 1.54) is 11.1 Å². The third-order valence-corrected chi connectivity index (χ3v) is 8.95. The zero-order valence-electron chi connectivity index (χ0n) is 23.5. The number of carboxylic acids is 1. The number of hydrogen-bond donors (Lipinski definition) is 3. The maximum atomic E-state index is 11.0. The molecule has 3 N–H and O–H groups in total. The molecule has 0 radical (unpaired) electrons. The molecule has 1 heterocycles. The van der Waals surface area contributed by atoms with Gasteiger partial charge in [0.2, 0.25) is 0 Å². The van der Waals surface area contributed by atoms with Crippen molar-refractivity contribution in [1.82, 2.24) is 0 Å². The van der Waals surface area contributed by atoms with Crippen molar-refractivity contribution in [2.24, 2.45) is 11.8 Å². The zero-order valence-corrected chi connectivity index (χ0v) is 23.5. The summed E-state index contributed by atoms with van der Waals surface area (Å²) in [4.78, 5) is 11.0. The third kappa shape index (κ3) is 7.90. The largest absolute Gasteiger partial charge is 0.481 e. The molecule has 0 bridgehead atoms. The fourth-order valence-electron chi connectivity index (χ4n) is 6.11. The van der Waals surface area contributed by atoms with Crippen LogP contribution in [0.3, 0.4) is 0 Å². The molecule has 1 fully saturated rings. The first-order valence-electron chi connectivity index (χ1n) is 14.0. The Bertz CT molecular complexity index is 782. The highest BCUT2D eigenvalue weighted by Crippen LogP contribution is 2.50. The van der Waals surface area contributed by atoms with Gasteiger partial charge >= 0.3 is 5.97 Å². The first-order valence-corrected chi connectivity index (χ1v) is 14.0. The Labute approximate surface area is 214 Å². The van der Waals surface area contributed by atoms with Crippen molar-refractivity contribution in [3.05, 3.63) is 22.8 Å². The molecule has 2 aliphatic rings. The predicted octanol–water partition coefficient (Wildman–Crippen LogP) is 6.96. The van der Waals surface area contributed by atoms with Crippen molar-refractivity contribution in [3.8, 4) is 0 Å². The second kappa shape index (κ2) is 12.4. The number of hydrogen-bond acceptors (Lipinski definition) is 4. The Morgan fingerprint density at radius 3 is 2.37 bits per heavy atom. The average molecular weight is 493 g/mol. The van der Waals surface area contributed by atoms with E-state index >= 15 is 0 Å². The van der Waals surface area contributed by atoms with Gasteiger partial charge in [-0.15, -0.1) is 0 Å². The van der Waals surface area contributed by atoms with Gasteiger partial charge in [-0.25, -0.2) is 0 Å². The van der Waals surface area contributed by atoms with Crippen LogP contribution in [0.25, 0.3) is 0 Å². The van der Waals surface area contributed by atoms with Crippen LogP contribution in [-0.2, 0) is 9.53 Å². The monoisotopic (exact) mass is 492 g/mol. The van der Waals surface area contributed by atoms with Crippen LogP contribution in [0.4, 0.5) is 0 Å². The Morgan fingerprint density at radius 1 is 1.17 bits per heavy atom. The normalized spacial score (nSPS) is 30.3. The predicted molar refractivity (Wildman–Crippen MR) is 142 cm³/mol. The van der Waals surface area contributed by atoms with Crippen LogP contribution < -0.4 is 0 Å². The van der Waals surface area contributed by atoms with E-state index in [1.54, 1.807) is 6.92 Å². The average Bonchev–Trinajstić information content (AvgIpc) is 2.78. The number of carboxylic acid groups (broad SMARTS) is 1. The molecule has 2 rings (SSSR count). The van der Waals surface area contributed by atoms with Crippen molar-refractivity contribution >= 4 is 5.97 Å². The van der Waals surface area contributed by atoms with Crippen LogP contribution in [0.15, 0.2) is 22.8 Å². The van der Waals surface area contributed by atoms with E-state index in [0.29, 0.717) is 18.8 Å². The lowest BCUT2D eigenvalue weighted by atomic mass is 9.70. The number of fused-ring (bicyclic) bond motifs is 1. The SMILES string of the molecule is CCC12OC(C)(CCCC(C)CCCC(C)(O)CCCC(C)C(=O)O)CCC1=CC(O)C(C)=C2C. The van der Waals surface area contributed by atoms with Crippen LogP contribution in [-0.4, -0.2) is 44.2 Å². The summed E-state index contributed by atoms with van der Waals surface area (Å²) in [5, 5.41) is 30.1. The molecule has 35 heavy (non-hydrogen) atoms. The van der Waals surface area contributed by atoms with Crippen molar-refractivity contribution in [2.45, 2.75) is 148 Å². The second-order valence-corrected chi connectivity index (χ2v) is 12.2.